The summed E-state index contributed by atoms with van der Waals surface area (Å²) in [7, 11) is 3.14. The van der Waals surface area contributed by atoms with Crippen LogP contribution < -0.4 is 35.3 Å². The number of nitrogens with one attached hydrogen (secondary N) is 1. The van der Waals surface area contributed by atoms with Crippen LogP contribution in [0.3, 0.4) is 0 Å². The van der Waals surface area contributed by atoms with Crippen molar-refractivity contribution in [3.8, 4) is 17.6 Å². The second-order valence-electron chi connectivity index (χ2n) is 8.68. The molecular weight excluding hydrogens is 512 g/mol. The molecule has 0 fully saturated rings. The maximum atomic E-state index is 13.9. The zero-order valence-corrected chi connectivity index (χ0v) is 22.0. The SMILES string of the molecule is COc1ccc(/C=c2/sc3n(c2=O)C(N)=C(C#N)[C@@H](c2ccc(OC)cc2)C=3C(=O)Nc2ccccc2)cc1. The number of thiazole rings is 1. The number of allylic oxidation sites excluding steroid dienone is 1. The first-order chi connectivity index (χ1) is 18.9. The van der Waals surface area contributed by atoms with Crippen LogP contribution in [-0.2, 0) is 4.79 Å². The summed E-state index contributed by atoms with van der Waals surface area (Å²) in [4.78, 5) is 27.5. The third-order valence-electron chi connectivity index (χ3n) is 6.41. The highest BCUT2D eigenvalue weighted by molar-refractivity contribution is 7.07. The molecule has 5 rings (SSSR count). The third kappa shape index (κ3) is 4.81. The molecule has 0 saturated carbocycles. The van der Waals surface area contributed by atoms with Crippen molar-refractivity contribution in [3.63, 3.8) is 0 Å². The van der Waals surface area contributed by atoms with Crippen molar-refractivity contribution in [1.29, 1.82) is 5.26 Å². The number of carbonyl (C=O) groups is 1. The third-order valence-corrected chi connectivity index (χ3v) is 7.52. The fourth-order valence-electron chi connectivity index (χ4n) is 4.47. The van der Waals surface area contributed by atoms with Crippen molar-refractivity contribution < 1.29 is 14.3 Å². The van der Waals surface area contributed by atoms with E-state index in [0.29, 0.717) is 31.9 Å². The summed E-state index contributed by atoms with van der Waals surface area (Å²) in [6.45, 7) is 0. The molecule has 1 atom stereocenters. The van der Waals surface area contributed by atoms with E-state index >= 15 is 0 Å². The molecule has 2 heterocycles. The van der Waals surface area contributed by atoms with Crippen LogP contribution in [0.15, 0.2) is 89.2 Å². The zero-order valence-electron chi connectivity index (χ0n) is 21.2. The highest BCUT2D eigenvalue weighted by atomic mass is 32.1. The van der Waals surface area contributed by atoms with Crippen LogP contribution in [0.4, 0.5) is 5.69 Å². The van der Waals surface area contributed by atoms with Gasteiger partial charge in [0, 0.05) is 5.69 Å². The van der Waals surface area contributed by atoms with E-state index in [9.17, 15) is 14.9 Å². The van der Waals surface area contributed by atoms with Crippen molar-refractivity contribution in [2.75, 3.05) is 19.5 Å². The van der Waals surface area contributed by atoms with Gasteiger partial charge in [-0.15, -0.1) is 11.3 Å². The topological polar surface area (TPSA) is 119 Å². The molecule has 0 unspecified atom stereocenters. The average molecular weight is 537 g/mol. The number of nitrogens with zero attached hydrogens (tertiary/aromatic N) is 2. The summed E-state index contributed by atoms with van der Waals surface area (Å²) < 4.78 is 12.5. The van der Waals surface area contributed by atoms with Crippen LogP contribution in [0.1, 0.15) is 17.0 Å². The van der Waals surface area contributed by atoms with E-state index in [1.54, 1.807) is 68.8 Å². The molecule has 39 heavy (non-hydrogen) atoms. The van der Waals surface area contributed by atoms with Gasteiger partial charge in [0.15, 0.2) is 0 Å². The Morgan fingerprint density at radius 1 is 1.00 bits per heavy atom. The summed E-state index contributed by atoms with van der Waals surface area (Å²) in [5.41, 5.74) is 8.46. The van der Waals surface area contributed by atoms with Gasteiger partial charge in [-0.1, -0.05) is 42.5 Å². The van der Waals surface area contributed by atoms with Gasteiger partial charge in [-0.05, 0) is 53.6 Å². The summed E-state index contributed by atoms with van der Waals surface area (Å²) in [5, 5.41) is 13.1. The number of nitrogens with two attached hydrogens (primary N) is 1. The number of para-hydroxylation sites is 1. The number of rotatable bonds is 6. The number of carbonyl (C=O) groups excluding carboxylic acids is 1. The number of hydrogen-bond donors (Lipinski definition) is 2. The van der Waals surface area contributed by atoms with Gasteiger partial charge in [-0.2, -0.15) is 5.26 Å². The number of benzene rings is 3. The minimum atomic E-state index is -0.795. The minimum Gasteiger partial charge on any atom is -0.497 e. The first-order valence-electron chi connectivity index (χ1n) is 12.0. The van der Waals surface area contributed by atoms with Crippen LogP contribution in [0, 0.1) is 11.3 Å². The number of methoxy groups -OCH3 is 2. The molecule has 1 amide bonds. The number of ether oxygens (including phenoxy) is 2. The molecular formula is C30H24N4O4S. The van der Waals surface area contributed by atoms with Gasteiger partial charge in [-0.3, -0.25) is 14.2 Å². The van der Waals surface area contributed by atoms with Crippen molar-refractivity contribution in [1.82, 2.24) is 4.57 Å². The summed E-state index contributed by atoms with van der Waals surface area (Å²) in [6.07, 6.45) is 1.73. The number of hydrogen-bond acceptors (Lipinski definition) is 7. The molecule has 3 N–H and O–H groups in total. The van der Waals surface area contributed by atoms with Crippen LogP contribution >= 0.6 is 11.3 Å². The van der Waals surface area contributed by atoms with Gasteiger partial charge in [0.05, 0.1) is 41.9 Å². The van der Waals surface area contributed by atoms with Gasteiger partial charge in [0.2, 0.25) is 0 Å². The monoisotopic (exact) mass is 536 g/mol. The molecule has 0 saturated heterocycles. The molecule has 3 aromatic carbocycles. The van der Waals surface area contributed by atoms with Gasteiger partial charge < -0.3 is 20.5 Å². The molecule has 0 aliphatic carbocycles. The average Bonchev–Trinajstić information content (AvgIpc) is 3.29. The van der Waals surface area contributed by atoms with Gasteiger partial charge >= 0.3 is 0 Å². The predicted octanol–water partition coefficient (Wildman–Crippen LogP) is 2.99. The molecule has 0 radical (unpaired) electrons. The normalized spacial score (nSPS) is 14.9. The molecule has 1 aromatic heterocycles. The lowest BCUT2D eigenvalue weighted by molar-refractivity contribution is -0.111. The molecule has 4 aromatic rings. The molecule has 1 aliphatic heterocycles. The molecule has 0 spiro atoms. The Hall–Kier alpha value is -5.07. The Morgan fingerprint density at radius 3 is 2.21 bits per heavy atom. The van der Waals surface area contributed by atoms with Crippen molar-refractivity contribution in [3.05, 3.63) is 115 Å². The van der Waals surface area contributed by atoms with E-state index in [-0.39, 0.29) is 17.0 Å². The van der Waals surface area contributed by atoms with Crippen LogP contribution in [0.5, 0.6) is 11.5 Å². The standard InChI is InChI=1S/C30H24N4O4S/c1-37-21-12-8-18(9-13-21)16-24-29(36)34-27(32)23(17-31)25(19-10-14-22(38-2)15-11-19)26(30(34)39-24)28(35)33-20-6-4-3-5-7-20/h3-16,25H,32H2,1-2H3,(H,33,35)/b24-16+/t25-/m1/s1. The van der Waals surface area contributed by atoms with E-state index in [1.807, 2.05) is 30.3 Å². The predicted molar refractivity (Wildman–Crippen MR) is 152 cm³/mol. The Balaban J connectivity index is 1.78. The number of nitriles is 1. The Bertz CT molecular complexity index is 1800. The van der Waals surface area contributed by atoms with E-state index in [4.69, 9.17) is 15.2 Å². The fourth-order valence-corrected chi connectivity index (χ4v) is 5.64. The smallest absolute Gasteiger partial charge is 0.274 e. The number of fused-ring (bicyclic) bond motifs is 1. The minimum absolute atomic E-state index is 0.000195. The molecule has 8 nitrogen and oxygen atoms in total. The quantitative estimate of drug-likeness (QED) is 0.391. The largest absolute Gasteiger partial charge is 0.497 e. The number of aromatic nitrogens is 1. The van der Waals surface area contributed by atoms with Crippen molar-refractivity contribution in [2.24, 2.45) is 5.73 Å². The van der Waals surface area contributed by atoms with E-state index in [2.05, 4.69) is 11.4 Å². The lowest BCUT2D eigenvalue weighted by atomic mass is 9.83. The summed E-state index contributed by atoms with van der Waals surface area (Å²) >= 11 is 1.15. The van der Waals surface area contributed by atoms with Crippen LogP contribution in [0.25, 0.3) is 17.5 Å². The number of amides is 1. The number of anilines is 1. The summed E-state index contributed by atoms with van der Waals surface area (Å²) in [5.74, 6) is 0.0883. The Kier molecular flexibility index (Phi) is 7.04. The zero-order chi connectivity index (χ0) is 27.5. The lowest BCUT2D eigenvalue weighted by Gasteiger charge is -2.25. The van der Waals surface area contributed by atoms with Crippen molar-refractivity contribution >= 4 is 40.4 Å². The van der Waals surface area contributed by atoms with E-state index in [1.165, 1.54) is 4.57 Å². The Morgan fingerprint density at radius 2 is 1.62 bits per heavy atom. The summed E-state index contributed by atoms with van der Waals surface area (Å²) in [6, 6.07) is 25.5. The first-order valence-corrected chi connectivity index (χ1v) is 12.8. The fraction of sp³-hybridized carbons (Fsp3) is 0.100. The van der Waals surface area contributed by atoms with E-state index < -0.39 is 17.4 Å². The second kappa shape index (κ2) is 10.7. The van der Waals surface area contributed by atoms with Crippen molar-refractivity contribution in [2.45, 2.75) is 5.92 Å². The lowest BCUT2D eigenvalue weighted by Crippen LogP contribution is -2.40. The van der Waals surface area contributed by atoms with Gasteiger partial charge in [0.1, 0.15) is 22.0 Å². The molecule has 0 bridgehead atoms. The van der Waals surface area contributed by atoms with Crippen LogP contribution in [0.2, 0.25) is 0 Å². The highest BCUT2D eigenvalue weighted by Crippen LogP contribution is 2.37. The van der Waals surface area contributed by atoms with Gasteiger partial charge in [0.25, 0.3) is 11.5 Å². The van der Waals surface area contributed by atoms with E-state index in [0.717, 1.165) is 16.9 Å². The molecule has 9 heteroatoms. The highest BCUT2D eigenvalue weighted by Gasteiger charge is 2.35. The maximum absolute atomic E-state index is 13.9. The molecule has 1 aliphatic rings. The first kappa shape index (κ1) is 25.6. The molecule has 194 valence electrons. The Labute approximate surface area is 228 Å². The van der Waals surface area contributed by atoms with Gasteiger partial charge in [-0.25, -0.2) is 0 Å². The van der Waals surface area contributed by atoms with Crippen LogP contribution in [-0.4, -0.2) is 24.7 Å². The maximum Gasteiger partial charge on any atom is 0.274 e. The second-order valence-corrected chi connectivity index (χ2v) is 9.71.